The average molecular weight is 304 g/mol. The number of nitrogens with one attached hydrogen (secondary N) is 1. The summed E-state index contributed by atoms with van der Waals surface area (Å²) in [5.41, 5.74) is 0.932. The molecule has 0 atom stereocenters. The van der Waals surface area contributed by atoms with Crippen molar-refractivity contribution in [3.05, 3.63) is 59.1 Å². The molecule has 2 aromatic rings. The van der Waals surface area contributed by atoms with Crippen molar-refractivity contribution in [1.29, 1.82) is 0 Å². The molecule has 0 fully saturated rings. The molecule has 2 aromatic carbocycles. The Kier molecular flexibility index (Phi) is 4.95. The number of anilines is 1. The highest BCUT2D eigenvalue weighted by molar-refractivity contribution is 6.32. The lowest BCUT2D eigenvalue weighted by atomic mass is 10.1. The van der Waals surface area contributed by atoms with Gasteiger partial charge in [0.2, 0.25) is 0 Å². The summed E-state index contributed by atoms with van der Waals surface area (Å²) in [6, 6.07) is 13.7. The number of amides is 1. The lowest BCUT2D eigenvalue weighted by Crippen LogP contribution is -2.21. The van der Waals surface area contributed by atoms with E-state index in [0.29, 0.717) is 22.0 Å². The molecule has 21 heavy (non-hydrogen) atoms. The van der Waals surface area contributed by atoms with Crippen molar-refractivity contribution in [3.8, 4) is 5.75 Å². The lowest BCUT2D eigenvalue weighted by molar-refractivity contribution is -0.118. The third-order valence-electron chi connectivity index (χ3n) is 2.78. The maximum atomic E-state index is 11.9. The van der Waals surface area contributed by atoms with Crippen LogP contribution in [0.25, 0.3) is 0 Å². The molecule has 108 valence electrons. The SMILES string of the molecule is CC(=O)c1ccccc1NC(=O)COc1ccccc1Cl. The number of Topliss-reactive ketones (excluding diaryl/α,β-unsaturated/α-hetero) is 1. The first-order chi connectivity index (χ1) is 10.1. The number of halogens is 1. The van der Waals surface area contributed by atoms with Gasteiger partial charge in [0.05, 0.1) is 10.7 Å². The normalized spacial score (nSPS) is 10.0. The highest BCUT2D eigenvalue weighted by Gasteiger charge is 2.10. The molecule has 0 aromatic heterocycles. The van der Waals surface area contributed by atoms with E-state index in [1.165, 1.54) is 6.92 Å². The van der Waals surface area contributed by atoms with Crippen LogP contribution < -0.4 is 10.1 Å². The van der Waals surface area contributed by atoms with Crippen molar-refractivity contribution >= 4 is 29.0 Å². The molecule has 0 radical (unpaired) electrons. The molecule has 0 saturated heterocycles. The Bertz CT molecular complexity index is 670. The zero-order valence-electron chi connectivity index (χ0n) is 11.4. The van der Waals surface area contributed by atoms with Crippen molar-refractivity contribution in [2.45, 2.75) is 6.92 Å². The third-order valence-corrected chi connectivity index (χ3v) is 3.09. The first-order valence-corrected chi connectivity index (χ1v) is 6.73. The number of para-hydroxylation sites is 2. The van der Waals surface area contributed by atoms with Gasteiger partial charge in [-0.2, -0.15) is 0 Å². The highest BCUT2D eigenvalue weighted by Crippen LogP contribution is 2.23. The standard InChI is InChI=1S/C16H14ClNO3/c1-11(19)12-6-2-4-8-14(12)18-16(20)10-21-15-9-5-3-7-13(15)17/h2-9H,10H2,1H3,(H,18,20). The van der Waals surface area contributed by atoms with Crippen LogP contribution in [0.15, 0.2) is 48.5 Å². The summed E-state index contributed by atoms with van der Waals surface area (Å²) in [6.45, 7) is 1.27. The van der Waals surface area contributed by atoms with Crippen molar-refractivity contribution in [2.75, 3.05) is 11.9 Å². The zero-order chi connectivity index (χ0) is 15.2. The summed E-state index contributed by atoms with van der Waals surface area (Å²) < 4.78 is 5.34. The summed E-state index contributed by atoms with van der Waals surface area (Å²) >= 11 is 5.93. The number of hydrogen-bond donors (Lipinski definition) is 1. The van der Waals surface area contributed by atoms with Crippen molar-refractivity contribution < 1.29 is 14.3 Å². The second-order valence-electron chi connectivity index (χ2n) is 4.37. The Morgan fingerprint density at radius 1 is 1.10 bits per heavy atom. The largest absolute Gasteiger partial charge is 0.482 e. The summed E-state index contributed by atoms with van der Waals surface area (Å²) in [5.74, 6) is -0.0317. The van der Waals surface area contributed by atoms with Crippen LogP contribution in [0.3, 0.4) is 0 Å². The van der Waals surface area contributed by atoms with Gasteiger partial charge >= 0.3 is 0 Å². The highest BCUT2D eigenvalue weighted by atomic mass is 35.5. The summed E-state index contributed by atoms with van der Waals surface area (Å²) in [6.07, 6.45) is 0. The second-order valence-corrected chi connectivity index (χ2v) is 4.78. The van der Waals surface area contributed by atoms with E-state index >= 15 is 0 Å². The Hall–Kier alpha value is -2.33. The van der Waals surface area contributed by atoms with E-state index in [9.17, 15) is 9.59 Å². The van der Waals surface area contributed by atoms with E-state index < -0.39 is 0 Å². The average Bonchev–Trinajstić information content (AvgIpc) is 2.47. The van der Waals surface area contributed by atoms with Crippen molar-refractivity contribution in [1.82, 2.24) is 0 Å². The van der Waals surface area contributed by atoms with Crippen molar-refractivity contribution in [2.24, 2.45) is 0 Å². The fourth-order valence-electron chi connectivity index (χ4n) is 1.79. The molecule has 0 aliphatic rings. The number of hydrogen-bond acceptors (Lipinski definition) is 3. The molecular weight excluding hydrogens is 290 g/mol. The Morgan fingerprint density at radius 2 is 1.76 bits per heavy atom. The molecule has 0 bridgehead atoms. The predicted octanol–water partition coefficient (Wildman–Crippen LogP) is 3.56. The third kappa shape index (κ3) is 4.07. The summed E-state index contributed by atoms with van der Waals surface area (Å²) in [7, 11) is 0. The van der Waals surface area contributed by atoms with E-state index in [0.717, 1.165) is 0 Å². The van der Waals surface area contributed by atoms with Gasteiger partial charge in [-0.25, -0.2) is 0 Å². The summed E-state index contributed by atoms with van der Waals surface area (Å²) in [4.78, 5) is 23.4. The minimum Gasteiger partial charge on any atom is -0.482 e. The maximum absolute atomic E-state index is 11.9. The van der Waals surface area contributed by atoms with Crippen LogP contribution in [0.1, 0.15) is 17.3 Å². The molecule has 0 aliphatic heterocycles. The number of carbonyl (C=O) groups is 2. The first-order valence-electron chi connectivity index (χ1n) is 6.35. The second kappa shape index (κ2) is 6.90. The molecule has 0 unspecified atom stereocenters. The molecule has 5 heteroatoms. The zero-order valence-corrected chi connectivity index (χ0v) is 12.2. The van der Waals surface area contributed by atoms with Crippen LogP contribution >= 0.6 is 11.6 Å². The number of ether oxygens (including phenoxy) is 1. The van der Waals surface area contributed by atoms with E-state index in [1.807, 2.05) is 0 Å². The number of carbonyl (C=O) groups excluding carboxylic acids is 2. The van der Waals surface area contributed by atoms with Crippen molar-refractivity contribution in [3.63, 3.8) is 0 Å². The van der Waals surface area contributed by atoms with Gasteiger partial charge in [-0.05, 0) is 31.2 Å². The van der Waals surface area contributed by atoms with Gasteiger partial charge in [-0.3, -0.25) is 9.59 Å². The number of rotatable bonds is 5. The smallest absolute Gasteiger partial charge is 0.262 e. The molecule has 1 amide bonds. The van der Waals surface area contributed by atoms with Gasteiger partial charge in [-0.15, -0.1) is 0 Å². The van der Waals surface area contributed by atoms with Crippen LogP contribution in [-0.4, -0.2) is 18.3 Å². The monoisotopic (exact) mass is 303 g/mol. The first kappa shape index (κ1) is 15.1. The number of benzene rings is 2. The molecule has 0 saturated carbocycles. The van der Waals surface area contributed by atoms with Gasteiger partial charge in [0.25, 0.3) is 5.91 Å². The van der Waals surface area contributed by atoms with Gasteiger partial charge in [0, 0.05) is 5.56 Å². The van der Waals surface area contributed by atoms with Crippen LogP contribution in [-0.2, 0) is 4.79 Å². The molecule has 4 nitrogen and oxygen atoms in total. The quantitative estimate of drug-likeness (QED) is 0.859. The van der Waals surface area contributed by atoms with Gasteiger partial charge < -0.3 is 10.1 Å². The van der Waals surface area contributed by atoms with E-state index in [1.54, 1.807) is 48.5 Å². The molecule has 0 spiro atoms. The molecule has 1 N–H and O–H groups in total. The van der Waals surface area contributed by atoms with Crippen LogP contribution in [0.5, 0.6) is 5.75 Å². The van der Waals surface area contributed by atoms with E-state index in [4.69, 9.17) is 16.3 Å². The fraction of sp³-hybridized carbons (Fsp3) is 0.125. The Balaban J connectivity index is 2.00. The molecule has 2 rings (SSSR count). The minimum atomic E-state index is -0.358. The maximum Gasteiger partial charge on any atom is 0.262 e. The van der Waals surface area contributed by atoms with E-state index in [-0.39, 0.29) is 18.3 Å². The van der Waals surface area contributed by atoms with E-state index in [2.05, 4.69) is 5.32 Å². The van der Waals surface area contributed by atoms with Gasteiger partial charge in [0.1, 0.15) is 5.75 Å². The van der Waals surface area contributed by atoms with Crippen LogP contribution in [0.2, 0.25) is 5.02 Å². The summed E-state index contributed by atoms with van der Waals surface area (Å²) in [5, 5.41) is 3.09. The van der Waals surface area contributed by atoms with Crippen LogP contribution in [0, 0.1) is 0 Å². The van der Waals surface area contributed by atoms with Crippen LogP contribution in [0.4, 0.5) is 5.69 Å². The predicted molar refractivity (Wildman–Crippen MR) is 82.0 cm³/mol. The number of ketones is 1. The van der Waals surface area contributed by atoms with Gasteiger partial charge in [0.15, 0.2) is 12.4 Å². The molecule has 0 aliphatic carbocycles. The Labute approximate surface area is 127 Å². The molecule has 0 heterocycles. The minimum absolute atomic E-state index is 0.113. The topological polar surface area (TPSA) is 55.4 Å². The van der Waals surface area contributed by atoms with Gasteiger partial charge in [-0.1, -0.05) is 35.9 Å². The Morgan fingerprint density at radius 3 is 2.48 bits per heavy atom. The fourth-order valence-corrected chi connectivity index (χ4v) is 1.98. The molecular formula is C16H14ClNO3. The lowest BCUT2D eigenvalue weighted by Gasteiger charge is -2.10.